The van der Waals surface area contributed by atoms with Gasteiger partial charge in [-0.1, -0.05) is 0 Å². The van der Waals surface area contributed by atoms with Gasteiger partial charge in [-0.3, -0.25) is 0 Å². The van der Waals surface area contributed by atoms with Crippen LogP contribution in [0.25, 0.3) is 0 Å². The summed E-state index contributed by atoms with van der Waals surface area (Å²) in [6.45, 7) is -0.178. The number of methoxy groups -OCH3 is 2. The largest absolute Gasteiger partial charge is 0.497 e. The van der Waals surface area contributed by atoms with Crippen molar-refractivity contribution in [2.75, 3.05) is 26.6 Å². The van der Waals surface area contributed by atoms with Gasteiger partial charge in [0, 0.05) is 16.7 Å². The highest BCUT2D eigenvalue weighted by Gasteiger charge is 2.15. The highest BCUT2D eigenvalue weighted by molar-refractivity contribution is 8.13. The third-order valence-electron chi connectivity index (χ3n) is 2.18. The monoisotopic (exact) mass is 308 g/mol. The lowest BCUT2D eigenvalue weighted by Crippen LogP contribution is -2.12. The standard InChI is InChI=1S/C11H13ClO6S/c1-16-8-3-4-9(11(13)17-2)10(7-8)18-5-6-19(12,14)15/h3-4,7H,5-6H2,1-2H3. The predicted molar refractivity (Wildman–Crippen MR) is 69.5 cm³/mol. The molecule has 0 saturated carbocycles. The van der Waals surface area contributed by atoms with Crippen LogP contribution in [0, 0.1) is 0 Å². The number of carbonyl (C=O) groups excluding carboxylic acids is 1. The molecule has 0 bridgehead atoms. The second kappa shape index (κ2) is 6.63. The third kappa shape index (κ3) is 4.96. The summed E-state index contributed by atoms with van der Waals surface area (Å²) < 4.78 is 36.4. The lowest BCUT2D eigenvalue weighted by atomic mass is 10.2. The molecule has 0 saturated heterocycles. The molecule has 8 heteroatoms. The fourth-order valence-electron chi connectivity index (χ4n) is 1.28. The molecule has 0 fully saturated rings. The topological polar surface area (TPSA) is 78.9 Å². The van der Waals surface area contributed by atoms with Crippen molar-refractivity contribution >= 4 is 25.7 Å². The summed E-state index contributed by atoms with van der Waals surface area (Å²) in [6, 6.07) is 4.50. The van der Waals surface area contributed by atoms with Crippen LogP contribution in [0.4, 0.5) is 0 Å². The summed E-state index contributed by atoms with van der Waals surface area (Å²) in [7, 11) is 4.11. The Morgan fingerprint density at radius 2 is 2.00 bits per heavy atom. The fourth-order valence-corrected chi connectivity index (χ4v) is 1.75. The van der Waals surface area contributed by atoms with Crippen molar-refractivity contribution < 1.29 is 27.4 Å². The molecule has 1 aromatic carbocycles. The first-order valence-electron chi connectivity index (χ1n) is 5.19. The van der Waals surface area contributed by atoms with Crippen LogP contribution < -0.4 is 9.47 Å². The minimum absolute atomic E-state index is 0.173. The van der Waals surface area contributed by atoms with Crippen molar-refractivity contribution in [3.63, 3.8) is 0 Å². The minimum Gasteiger partial charge on any atom is -0.497 e. The molecule has 0 aromatic heterocycles. The van der Waals surface area contributed by atoms with E-state index in [2.05, 4.69) is 4.74 Å². The number of ether oxygens (including phenoxy) is 3. The Kier molecular flexibility index (Phi) is 5.44. The molecule has 0 aliphatic carbocycles. The van der Waals surface area contributed by atoms with Crippen LogP contribution in [0.3, 0.4) is 0 Å². The summed E-state index contributed by atoms with van der Waals surface area (Å²) in [5.74, 6) is -0.318. The molecule has 1 aromatic rings. The Hall–Kier alpha value is -1.47. The Balaban J connectivity index is 2.91. The molecule has 0 N–H and O–H groups in total. The molecule has 0 radical (unpaired) electrons. The summed E-state index contributed by atoms with van der Waals surface area (Å²) in [5.41, 5.74) is 0.176. The zero-order chi connectivity index (χ0) is 14.5. The van der Waals surface area contributed by atoms with Gasteiger partial charge in [-0.25, -0.2) is 13.2 Å². The molecule has 0 unspecified atom stereocenters. The first kappa shape index (κ1) is 15.6. The van der Waals surface area contributed by atoms with Crippen LogP contribution in [0.1, 0.15) is 10.4 Å². The Bertz CT molecular complexity index is 554. The lowest BCUT2D eigenvalue weighted by Gasteiger charge is -2.11. The van der Waals surface area contributed by atoms with Crippen LogP contribution in [0.15, 0.2) is 18.2 Å². The van der Waals surface area contributed by atoms with Crippen molar-refractivity contribution in [1.82, 2.24) is 0 Å². The number of halogens is 1. The average Bonchev–Trinajstić information content (AvgIpc) is 2.36. The van der Waals surface area contributed by atoms with E-state index >= 15 is 0 Å². The normalized spacial score (nSPS) is 10.9. The highest BCUT2D eigenvalue weighted by atomic mass is 35.7. The van der Waals surface area contributed by atoms with Crippen LogP contribution in [-0.2, 0) is 13.8 Å². The van der Waals surface area contributed by atoms with E-state index in [0.29, 0.717) is 5.75 Å². The molecule has 0 aliphatic heterocycles. The van der Waals surface area contributed by atoms with Gasteiger partial charge in [-0.05, 0) is 12.1 Å². The van der Waals surface area contributed by atoms with Gasteiger partial charge < -0.3 is 14.2 Å². The van der Waals surface area contributed by atoms with Crippen molar-refractivity contribution in [3.8, 4) is 11.5 Å². The minimum atomic E-state index is -3.65. The van der Waals surface area contributed by atoms with E-state index in [1.54, 1.807) is 6.07 Å². The number of carbonyl (C=O) groups is 1. The van der Waals surface area contributed by atoms with Gasteiger partial charge >= 0.3 is 5.97 Å². The number of hydrogen-bond acceptors (Lipinski definition) is 6. The van der Waals surface area contributed by atoms with Crippen LogP contribution in [0.2, 0.25) is 0 Å². The lowest BCUT2D eigenvalue weighted by molar-refractivity contribution is 0.0596. The maximum atomic E-state index is 11.5. The molecule has 19 heavy (non-hydrogen) atoms. The summed E-state index contributed by atoms with van der Waals surface area (Å²) in [6.07, 6.45) is 0. The van der Waals surface area contributed by atoms with E-state index in [0.717, 1.165) is 0 Å². The number of rotatable bonds is 6. The zero-order valence-electron chi connectivity index (χ0n) is 10.4. The van der Waals surface area contributed by atoms with Crippen molar-refractivity contribution in [2.24, 2.45) is 0 Å². The zero-order valence-corrected chi connectivity index (χ0v) is 12.0. The van der Waals surface area contributed by atoms with Gasteiger partial charge in [0.25, 0.3) is 0 Å². The number of benzene rings is 1. The molecule has 0 heterocycles. The molecule has 6 nitrogen and oxygen atoms in total. The molecule has 0 aliphatic rings. The SMILES string of the molecule is COC(=O)c1ccc(OC)cc1OCCS(=O)(=O)Cl. The highest BCUT2D eigenvalue weighted by Crippen LogP contribution is 2.25. The van der Waals surface area contributed by atoms with Crippen LogP contribution in [0.5, 0.6) is 11.5 Å². The van der Waals surface area contributed by atoms with Gasteiger partial charge in [0.2, 0.25) is 9.05 Å². The number of hydrogen-bond donors (Lipinski definition) is 0. The summed E-state index contributed by atoms with van der Waals surface area (Å²) in [5, 5.41) is 0. The molecule has 1 rings (SSSR count). The van der Waals surface area contributed by atoms with Crippen LogP contribution in [-0.4, -0.2) is 41.0 Å². The van der Waals surface area contributed by atoms with E-state index in [-0.39, 0.29) is 23.7 Å². The molecular weight excluding hydrogens is 296 g/mol. The van der Waals surface area contributed by atoms with Gasteiger partial charge in [-0.15, -0.1) is 0 Å². The molecular formula is C11H13ClO6S. The Labute approximate surface area is 115 Å². The summed E-state index contributed by atoms with van der Waals surface area (Å²) in [4.78, 5) is 11.5. The molecule has 106 valence electrons. The van der Waals surface area contributed by atoms with E-state index in [9.17, 15) is 13.2 Å². The third-order valence-corrected chi connectivity index (χ3v) is 3.30. The quantitative estimate of drug-likeness (QED) is 0.584. The van der Waals surface area contributed by atoms with Gasteiger partial charge in [0.1, 0.15) is 23.7 Å². The number of esters is 1. The first-order chi connectivity index (χ1) is 8.87. The fraction of sp³-hybridized carbons (Fsp3) is 0.364. The van der Waals surface area contributed by atoms with Gasteiger partial charge in [0.15, 0.2) is 0 Å². The van der Waals surface area contributed by atoms with E-state index in [4.69, 9.17) is 20.2 Å². The second-order valence-electron chi connectivity index (χ2n) is 3.45. The average molecular weight is 309 g/mol. The molecule has 0 amide bonds. The summed E-state index contributed by atoms with van der Waals surface area (Å²) >= 11 is 0. The second-order valence-corrected chi connectivity index (χ2v) is 6.34. The van der Waals surface area contributed by atoms with Gasteiger partial charge in [0.05, 0.1) is 20.0 Å². The van der Waals surface area contributed by atoms with Crippen molar-refractivity contribution in [2.45, 2.75) is 0 Å². The molecule has 0 atom stereocenters. The Morgan fingerprint density at radius 1 is 1.32 bits per heavy atom. The first-order valence-corrected chi connectivity index (χ1v) is 7.66. The van der Waals surface area contributed by atoms with Crippen molar-refractivity contribution in [1.29, 1.82) is 0 Å². The van der Waals surface area contributed by atoms with E-state index in [1.165, 1.54) is 26.4 Å². The van der Waals surface area contributed by atoms with E-state index < -0.39 is 15.0 Å². The maximum absolute atomic E-state index is 11.5. The van der Waals surface area contributed by atoms with E-state index in [1.807, 2.05) is 0 Å². The van der Waals surface area contributed by atoms with Crippen molar-refractivity contribution in [3.05, 3.63) is 23.8 Å². The predicted octanol–water partition coefficient (Wildman–Crippen LogP) is 1.43. The maximum Gasteiger partial charge on any atom is 0.341 e. The molecule has 0 spiro atoms. The Morgan fingerprint density at radius 3 is 2.53 bits per heavy atom. The van der Waals surface area contributed by atoms with Gasteiger partial charge in [-0.2, -0.15) is 0 Å². The smallest absolute Gasteiger partial charge is 0.341 e. The van der Waals surface area contributed by atoms with Crippen LogP contribution >= 0.6 is 10.7 Å².